The lowest BCUT2D eigenvalue weighted by atomic mass is 9.41. The zero-order chi connectivity index (χ0) is 25.9. The number of sulfonamides is 1. The maximum atomic E-state index is 12.8. The van der Waals surface area contributed by atoms with Crippen molar-refractivity contribution in [2.75, 3.05) is 6.54 Å². The summed E-state index contributed by atoms with van der Waals surface area (Å²) in [7, 11) is -3.51. The van der Waals surface area contributed by atoms with E-state index in [1.807, 2.05) is 6.07 Å². The van der Waals surface area contributed by atoms with Gasteiger partial charge in [0.2, 0.25) is 10.0 Å². The fourth-order valence-corrected chi connectivity index (χ4v) is 11.2. The molecule has 4 aliphatic carbocycles. The Balaban J connectivity index is 1.35. The minimum atomic E-state index is -3.51. The molecule has 3 N–H and O–H groups in total. The van der Waals surface area contributed by atoms with Crippen LogP contribution in [0.4, 0.5) is 0 Å². The van der Waals surface area contributed by atoms with Gasteiger partial charge in [-0.1, -0.05) is 52.3 Å². The lowest BCUT2D eigenvalue weighted by Gasteiger charge is -2.64. The van der Waals surface area contributed by atoms with Crippen LogP contribution in [-0.2, 0) is 10.0 Å². The van der Waals surface area contributed by atoms with Gasteiger partial charge in [-0.2, -0.15) is 0 Å². The largest absolute Gasteiger partial charge is 0.393 e. The summed E-state index contributed by atoms with van der Waals surface area (Å²) in [6, 6.07) is 8.65. The second-order valence-electron chi connectivity index (χ2n) is 13.3. The van der Waals surface area contributed by atoms with Crippen molar-refractivity contribution >= 4 is 10.0 Å². The van der Waals surface area contributed by atoms with Gasteiger partial charge in [0.25, 0.3) is 0 Å². The molecule has 11 atom stereocenters. The average Bonchev–Trinajstić information content (AvgIpc) is 3.22. The third-order valence-corrected chi connectivity index (χ3v) is 13.2. The van der Waals surface area contributed by atoms with Crippen molar-refractivity contribution in [3.8, 4) is 0 Å². The van der Waals surface area contributed by atoms with Crippen LogP contribution in [0.5, 0.6) is 0 Å². The maximum absolute atomic E-state index is 12.8. The highest BCUT2D eigenvalue weighted by atomic mass is 32.2. The standard InChI is InChI=1S/C30H47NO4S/c1-5-22-26-17-20(32)13-15-30(26,4)25-14-16-29(3)23(11-12-24(29)27(25)28(22)33)19(2)18-31-36(34,35)21-9-7-6-8-10-21/h6-10,19-20,22-28,31-33H,5,11-18H2,1-4H3/t19-,20-,22-,23?,24+,25+,26+,27+,28-,29-,30-/m1/s1. The second-order valence-corrected chi connectivity index (χ2v) is 15.0. The van der Waals surface area contributed by atoms with Crippen LogP contribution in [0.3, 0.4) is 0 Å². The van der Waals surface area contributed by atoms with Crippen LogP contribution in [0.25, 0.3) is 0 Å². The van der Waals surface area contributed by atoms with E-state index in [-0.39, 0.29) is 34.9 Å². The van der Waals surface area contributed by atoms with Crippen molar-refractivity contribution in [2.45, 2.75) is 96.2 Å². The highest BCUT2D eigenvalue weighted by molar-refractivity contribution is 7.89. The number of nitrogens with one attached hydrogen (secondary N) is 1. The Hall–Kier alpha value is -0.950. The van der Waals surface area contributed by atoms with E-state index in [1.54, 1.807) is 24.3 Å². The number of benzene rings is 1. The molecule has 4 fully saturated rings. The van der Waals surface area contributed by atoms with Crippen molar-refractivity contribution in [2.24, 2.45) is 52.3 Å². The van der Waals surface area contributed by atoms with Crippen LogP contribution < -0.4 is 4.72 Å². The molecule has 202 valence electrons. The topological polar surface area (TPSA) is 86.6 Å². The molecule has 36 heavy (non-hydrogen) atoms. The third kappa shape index (κ3) is 4.19. The summed E-state index contributed by atoms with van der Waals surface area (Å²) in [5.74, 6) is 2.71. The molecule has 0 bridgehead atoms. The van der Waals surface area contributed by atoms with Gasteiger partial charge in [-0.05, 0) is 109 Å². The molecule has 0 saturated heterocycles. The molecule has 4 saturated carbocycles. The molecule has 1 unspecified atom stereocenters. The van der Waals surface area contributed by atoms with Crippen LogP contribution in [0.1, 0.15) is 79.1 Å². The Bertz CT molecular complexity index is 1030. The van der Waals surface area contributed by atoms with E-state index in [2.05, 4.69) is 32.4 Å². The molecule has 6 heteroatoms. The van der Waals surface area contributed by atoms with Gasteiger partial charge in [-0.15, -0.1) is 0 Å². The molecule has 1 aromatic carbocycles. The van der Waals surface area contributed by atoms with Gasteiger partial charge in [-0.25, -0.2) is 13.1 Å². The number of hydrogen-bond donors (Lipinski definition) is 3. The Kier molecular flexibility index (Phi) is 7.15. The zero-order valence-electron chi connectivity index (χ0n) is 22.6. The molecule has 1 aromatic rings. The Morgan fingerprint density at radius 2 is 1.64 bits per heavy atom. The van der Waals surface area contributed by atoms with E-state index >= 15 is 0 Å². The van der Waals surface area contributed by atoms with Gasteiger partial charge in [-0.3, -0.25) is 0 Å². The van der Waals surface area contributed by atoms with Crippen LogP contribution in [0, 0.1) is 52.3 Å². The monoisotopic (exact) mass is 517 g/mol. The third-order valence-electron chi connectivity index (χ3n) is 11.8. The molecule has 0 aliphatic heterocycles. The Labute approximate surface area is 218 Å². The molecule has 0 aromatic heterocycles. The number of hydrogen-bond acceptors (Lipinski definition) is 4. The molecule has 0 heterocycles. The molecular weight excluding hydrogens is 470 g/mol. The first kappa shape index (κ1) is 26.6. The maximum Gasteiger partial charge on any atom is 0.240 e. The average molecular weight is 518 g/mol. The smallest absolute Gasteiger partial charge is 0.240 e. The molecule has 4 aliphatic rings. The first-order chi connectivity index (χ1) is 17.0. The van der Waals surface area contributed by atoms with E-state index in [0.29, 0.717) is 41.0 Å². The number of fused-ring (bicyclic) bond motifs is 5. The number of rotatable bonds is 6. The normalized spacial score (nSPS) is 45.4. The summed E-state index contributed by atoms with van der Waals surface area (Å²) in [4.78, 5) is 0.324. The summed E-state index contributed by atoms with van der Waals surface area (Å²) in [5.41, 5.74) is 0.343. The molecule has 0 amide bonds. The molecule has 0 radical (unpaired) electrons. The van der Waals surface area contributed by atoms with Crippen LogP contribution >= 0.6 is 0 Å². The van der Waals surface area contributed by atoms with Crippen molar-refractivity contribution in [1.29, 1.82) is 0 Å². The first-order valence-corrected chi connectivity index (χ1v) is 15.9. The number of aliphatic hydroxyl groups excluding tert-OH is 2. The van der Waals surface area contributed by atoms with Crippen molar-refractivity contribution in [1.82, 2.24) is 4.72 Å². The highest BCUT2D eigenvalue weighted by Gasteiger charge is 2.64. The predicted octanol–water partition coefficient (Wildman–Crippen LogP) is 5.23. The predicted molar refractivity (Wildman–Crippen MR) is 143 cm³/mol. The van der Waals surface area contributed by atoms with Gasteiger partial charge in [0.1, 0.15) is 0 Å². The Morgan fingerprint density at radius 3 is 2.33 bits per heavy atom. The molecule has 5 nitrogen and oxygen atoms in total. The summed E-state index contributed by atoms with van der Waals surface area (Å²) in [5, 5.41) is 22.3. The van der Waals surface area contributed by atoms with E-state index in [4.69, 9.17) is 0 Å². The van der Waals surface area contributed by atoms with Gasteiger partial charge in [0.05, 0.1) is 17.1 Å². The van der Waals surface area contributed by atoms with E-state index in [9.17, 15) is 18.6 Å². The molecule has 0 spiro atoms. The second kappa shape index (κ2) is 9.66. The van der Waals surface area contributed by atoms with E-state index < -0.39 is 10.0 Å². The summed E-state index contributed by atoms with van der Waals surface area (Å²) in [6.45, 7) is 9.81. The van der Waals surface area contributed by atoms with Crippen molar-refractivity contribution in [3.05, 3.63) is 30.3 Å². The van der Waals surface area contributed by atoms with Gasteiger partial charge in [0.15, 0.2) is 0 Å². The first-order valence-electron chi connectivity index (χ1n) is 14.4. The lowest BCUT2D eigenvalue weighted by Crippen LogP contribution is -2.62. The van der Waals surface area contributed by atoms with E-state index in [0.717, 1.165) is 51.4 Å². The molecule has 5 rings (SSSR count). The number of aliphatic hydroxyl groups is 2. The summed E-state index contributed by atoms with van der Waals surface area (Å²) >= 11 is 0. The minimum Gasteiger partial charge on any atom is -0.393 e. The fraction of sp³-hybridized carbons (Fsp3) is 0.800. The minimum absolute atomic E-state index is 0.134. The van der Waals surface area contributed by atoms with Crippen LogP contribution in [0.2, 0.25) is 0 Å². The zero-order valence-corrected chi connectivity index (χ0v) is 23.4. The van der Waals surface area contributed by atoms with Gasteiger partial charge < -0.3 is 10.2 Å². The van der Waals surface area contributed by atoms with Crippen LogP contribution in [-0.4, -0.2) is 37.4 Å². The van der Waals surface area contributed by atoms with Crippen LogP contribution in [0.15, 0.2) is 35.2 Å². The fourth-order valence-electron chi connectivity index (χ4n) is 10.00. The van der Waals surface area contributed by atoms with Crippen molar-refractivity contribution in [3.63, 3.8) is 0 Å². The summed E-state index contributed by atoms with van der Waals surface area (Å²) in [6.07, 6.45) is 7.83. The van der Waals surface area contributed by atoms with Crippen molar-refractivity contribution < 1.29 is 18.6 Å². The Morgan fingerprint density at radius 1 is 0.972 bits per heavy atom. The van der Waals surface area contributed by atoms with Gasteiger partial charge in [0, 0.05) is 6.54 Å². The highest BCUT2D eigenvalue weighted by Crippen LogP contribution is 2.69. The molecular formula is C30H47NO4S. The van der Waals surface area contributed by atoms with Gasteiger partial charge >= 0.3 is 0 Å². The lowest BCUT2D eigenvalue weighted by molar-refractivity contribution is -0.203. The quantitative estimate of drug-likeness (QED) is 0.482. The SMILES string of the molecule is CC[C@H]1[C@@H](O)[C@@H]2[C@H](CC[C@]3(C)C([C@H](C)CNS(=O)(=O)c4ccccc4)CC[C@@H]23)[C@@]2(C)CC[C@@H](O)C[C@@H]12. The van der Waals surface area contributed by atoms with E-state index in [1.165, 1.54) is 0 Å². The summed E-state index contributed by atoms with van der Waals surface area (Å²) < 4.78 is 28.6.